The molecule has 0 bridgehead atoms. The van der Waals surface area contributed by atoms with E-state index in [2.05, 4.69) is 6.07 Å². The monoisotopic (exact) mass is 513 g/mol. The van der Waals surface area contributed by atoms with E-state index in [1.807, 2.05) is 36.4 Å². The van der Waals surface area contributed by atoms with Crippen LogP contribution in [-0.2, 0) is 0 Å². The molecule has 0 spiro atoms. The van der Waals surface area contributed by atoms with Crippen molar-refractivity contribution in [1.82, 2.24) is 0 Å². The number of esters is 1. The van der Waals surface area contributed by atoms with Gasteiger partial charge in [0.05, 0.1) is 26.7 Å². The summed E-state index contributed by atoms with van der Waals surface area (Å²) in [5.74, 6) is 3.18. The zero-order valence-electron chi connectivity index (χ0n) is 20.9. The van der Waals surface area contributed by atoms with Crippen LogP contribution in [0.25, 0.3) is 0 Å². The van der Waals surface area contributed by atoms with Crippen molar-refractivity contribution < 1.29 is 33.6 Å². The molecular formula is C30H27NO7. The molecule has 0 aromatic heterocycles. The molecule has 4 aromatic rings. The third-order valence-corrected chi connectivity index (χ3v) is 6.38. The van der Waals surface area contributed by atoms with Gasteiger partial charge in [0, 0.05) is 35.0 Å². The highest BCUT2D eigenvalue weighted by Gasteiger charge is 2.40. The van der Waals surface area contributed by atoms with E-state index in [4.69, 9.17) is 29.4 Å². The highest BCUT2D eigenvalue weighted by atomic mass is 16.5. The topological polar surface area (TPSA) is 109 Å². The van der Waals surface area contributed by atoms with E-state index in [-0.39, 0.29) is 23.3 Å². The second-order valence-corrected chi connectivity index (χ2v) is 8.74. The standard InChI is InChI=1S/C17H16O4.C13H11NO3/c1-18-10-4-6-13-15(7-10)20-9-14-12-5-3-11(19-2)8-16(12)21-17(13)14;14-9-6-7-11(12(15)8-9)13(16)17-10-4-2-1-3-5-10/h3-8,14,17H,9H2,1-2H3;1-8,15H,14H2. The largest absolute Gasteiger partial charge is 0.507 e. The summed E-state index contributed by atoms with van der Waals surface area (Å²) >= 11 is 0. The molecule has 0 saturated carbocycles. The zero-order valence-corrected chi connectivity index (χ0v) is 20.9. The van der Waals surface area contributed by atoms with Crippen molar-refractivity contribution >= 4 is 11.7 Å². The maximum Gasteiger partial charge on any atom is 0.347 e. The first-order chi connectivity index (χ1) is 18.5. The average molecular weight is 514 g/mol. The molecule has 3 N–H and O–H groups in total. The number of nitrogen functional groups attached to an aromatic ring is 1. The SMILES string of the molecule is COc1ccc2c(c1)OC1c3ccc(OC)cc3OCC21.Nc1ccc(C(=O)Oc2ccccc2)c(O)c1. The maximum atomic E-state index is 11.7. The van der Waals surface area contributed by atoms with Crippen LogP contribution in [0.15, 0.2) is 84.9 Å². The molecule has 2 heterocycles. The van der Waals surface area contributed by atoms with E-state index < -0.39 is 5.97 Å². The van der Waals surface area contributed by atoms with E-state index in [1.165, 1.54) is 23.8 Å². The molecule has 0 radical (unpaired) electrons. The first kappa shape index (κ1) is 24.8. The first-order valence-electron chi connectivity index (χ1n) is 12.0. The minimum Gasteiger partial charge on any atom is -0.507 e. The number of rotatable bonds is 4. The Morgan fingerprint density at radius 2 is 1.53 bits per heavy atom. The Bertz CT molecular complexity index is 1450. The van der Waals surface area contributed by atoms with Crippen molar-refractivity contribution in [3.05, 3.63) is 102 Å². The summed E-state index contributed by atoms with van der Waals surface area (Å²) in [6, 6.07) is 24.8. The Labute approximate surface area is 220 Å². The van der Waals surface area contributed by atoms with Crippen molar-refractivity contribution in [2.75, 3.05) is 26.6 Å². The maximum absolute atomic E-state index is 11.7. The number of ether oxygens (including phenoxy) is 5. The molecule has 194 valence electrons. The van der Waals surface area contributed by atoms with Crippen LogP contribution in [0, 0.1) is 0 Å². The van der Waals surface area contributed by atoms with E-state index >= 15 is 0 Å². The van der Waals surface area contributed by atoms with Crippen molar-refractivity contribution in [1.29, 1.82) is 0 Å². The molecule has 2 aliphatic rings. The number of hydrogen-bond donors (Lipinski definition) is 2. The summed E-state index contributed by atoms with van der Waals surface area (Å²) in [6.45, 7) is 0.615. The van der Waals surface area contributed by atoms with Gasteiger partial charge in [0.2, 0.25) is 0 Å². The van der Waals surface area contributed by atoms with Gasteiger partial charge in [-0.05, 0) is 42.5 Å². The Morgan fingerprint density at radius 1 is 0.842 bits per heavy atom. The zero-order chi connectivity index (χ0) is 26.6. The van der Waals surface area contributed by atoms with E-state index in [0.29, 0.717) is 18.0 Å². The van der Waals surface area contributed by atoms with Gasteiger partial charge in [-0.15, -0.1) is 0 Å². The quantitative estimate of drug-likeness (QED) is 0.209. The number of phenols is 1. The minimum atomic E-state index is -0.617. The molecule has 6 rings (SSSR count). The van der Waals surface area contributed by atoms with Crippen LogP contribution in [0.1, 0.15) is 33.5 Å². The molecule has 8 nitrogen and oxygen atoms in total. The van der Waals surface area contributed by atoms with Gasteiger partial charge in [0.25, 0.3) is 0 Å². The molecule has 0 fully saturated rings. The number of fused-ring (bicyclic) bond motifs is 5. The van der Waals surface area contributed by atoms with Gasteiger partial charge in [-0.1, -0.05) is 24.3 Å². The van der Waals surface area contributed by atoms with Gasteiger partial charge in [-0.2, -0.15) is 0 Å². The van der Waals surface area contributed by atoms with Gasteiger partial charge in [0.1, 0.15) is 46.2 Å². The number of nitrogens with two attached hydrogens (primary N) is 1. The second-order valence-electron chi connectivity index (χ2n) is 8.74. The number of para-hydroxylation sites is 1. The highest BCUT2D eigenvalue weighted by Crippen LogP contribution is 2.52. The van der Waals surface area contributed by atoms with Crippen molar-refractivity contribution in [2.24, 2.45) is 0 Å². The molecule has 0 amide bonds. The predicted octanol–water partition coefficient (Wildman–Crippen LogP) is 5.51. The van der Waals surface area contributed by atoms with Crippen LogP contribution in [0.2, 0.25) is 0 Å². The summed E-state index contributed by atoms with van der Waals surface area (Å²) in [6.07, 6.45) is 0.00163. The van der Waals surface area contributed by atoms with Crippen LogP contribution >= 0.6 is 0 Å². The van der Waals surface area contributed by atoms with Crippen LogP contribution in [0.4, 0.5) is 5.69 Å². The van der Waals surface area contributed by atoms with Gasteiger partial charge in [-0.3, -0.25) is 0 Å². The summed E-state index contributed by atoms with van der Waals surface area (Å²) in [4.78, 5) is 11.7. The highest BCUT2D eigenvalue weighted by molar-refractivity contribution is 5.94. The van der Waals surface area contributed by atoms with E-state index in [0.717, 1.165) is 28.6 Å². The molecular weight excluding hydrogens is 486 g/mol. The van der Waals surface area contributed by atoms with Crippen molar-refractivity contribution in [3.63, 3.8) is 0 Å². The van der Waals surface area contributed by atoms with Gasteiger partial charge in [0.15, 0.2) is 0 Å². The lowest BCUT2D eigenvalue weighted by Crippen LogP contribution is -2.23. The normalized spacial score (nSPS) is 16.3. The Balaban J connectivity index is 0.000000159. The predicted molar refractivity (Wildman–Crippen MR) is 142 cm³/mol. The lowest BCUT2D eigenvalue weighted by Gasteiger charge is -2.28. The Hall–Kier alpha value is -4.85. The van der Waals surface area contributed by atoms with Crippen molar-refractivity contribution in [2.45, 2.75) is 12.0 Å². The number of carbonyl (C=O) groups excluding carboxylic acids is 1. The molecule has 0 saturated heterocycles. The van der Waals surface area contributed by atoms with Crippen LogP contribution in [0.5, 0.6) is 34.5 Å². The molecule has 2 aliphatic heterocycles. The van der Waals surface area contributed by atoms with Crippen LogP contribution in [-0.4, -0.2) is 31.9 Å². The number of carbonyl (C=O) groups is 1. The fraction of sp³-hybridized carbons (Fsp3) is 0.167. The van der Waals surface area contributed by atoms with E-state index in [9.17, 15) is 9.90 Å². The third kappa shape index (κ3) is 5.01. The van der Waals surface area contributed by atoms with Crippen LogP contribution in [0.3, 0.4) is 0 Å². The smallest absolute Gasteiger partial charge is 0.347 e. The molecule has 4 aromatic carbocycles. The van der Waals surface area contributed by atoms with E-state index in [1.54, 1.807) is 38.5 Å². The summed E-state index contributed by atoms with van der Waals surface area (Å²) < 4.78 is 27.6. The lowest BCUT2D eigenvalue weighted by molar-refractivity contribution is 0.0731. The molecule has 0 aliphatic carbocycles. The fourth-order valence-electron chi connectivity index (χ4n) is 4.44. The minimum absolute atomic E-state index is 0.00163. The summed E-state index contributed by atoms with van der Waals surface area (Å²) in [5, 5.41) is 9.56. The Morgan fingerprint density at radius 3 is 2.21 bits per heavy atom. The average Bonchev–Trinajstić information content (AvgIpc) is 3.31. The Kier molecular flexibility index (Phi) is 6.95. The number of methoxy groups -OCH3 is 2. The number of benzene rings is 4. The van der Waals surface area contributed by atoms with Gasteiger partial charge >= 0.3 is 5.97 Å². The molecule has 2 atom stereocenters. The molecule has 2 unspecified atom stereocenters. The van der Waals surface area contributed by atoms with Crippen LogP contribution < -0.4 is 29.4 Å². The number of aromatic hydroxyl groups is 1. The fourth-order valence-corrected chi connectivity index (χ4v) is 4.44. The molecule has 38 heavy (non-hydrogen) atoms. The number of hydrogen-bond acceptors (Lipinski definition) is 8. The van der Waals surface area contributed by atoms with Gasteiger partial charge in [-0.25, -0.2) is 4.79 Å². The first-order valence-corrected chi connectivity index (χ1v) is 12.0. The number of anilines is 1. The number of phenolic OH excluding ortho intramolecular Hbond substituents is 1. The van der Waals surface area contributed by atoms with Crippen molar-refractivity contribution in [3.8, 4) is 34.5 Å². The lowest BCUT2D eigenvalue weighted by atomic mass is 9.89. The second kappa shape index (κ2) is 10.6. The van der Waals surface area contributed by atoms with Gasteiger partial charge < -0.3 is 34.5 Å². The summed E-state index contributed by atoms with van der Waals surface area (Å²) in [5.41, 5.74) is 8.20. The summed E-state index contributed by atoms with van der Waals surface area (Å²) in [7, 11) is 3.32. The molecule has 8 heteroatoms. The third-order valence-electron chi connectivity index (χ3n) is 6.38.